The maximum absolute atomic E-state index is 13.1. The first-order chi connectivity index (χ1) is 13.4. The summed E-state index contributed by atoms with van der Waals surface area (Å²) in [5.41, 5.74) is 0.189. The zero-order valence-corrected chi connectivity index (χ0v) is 14.9. The van der Waals surface area contributed by atoms with Gasteiger partial charge in [0.05, 0.1) is 28.4 Å². The number of carbonyl (C=O) groups excluding carboxylic acids is 1. The van der Waals surface area contributed by atoms with E-state index in [2.05, 4.69) is 20.1 Å². The molecule has 1 aliphatic rings. The van der Waals surface area contributed by atoms with E-state index in [1.54, 1.807) is 0 Å². The summed E-state index contributed by atoms with van der Waals surface area (Å²) >= 11 is 5.89. The second kappa shape index (κ2) is 6.86. The highest BCUT2D eigenvalue weighted by Gasteiger charge is 2.35. The highest BCUT2D eigenvalue weighted by Crippen LogP contribution is 2.37. The van der Waals surface area contributed by atoms with Crippen LogP contribution in [-0.4, -0.2) is 42.1 Å². The second-order valence-corrected chi connectivity index (χ2v) is 6.48. The van der Waals surface area contributed by atoms with Gasteiger partial charge >= 0.3 is 6.18 Å². The van der Waals surface area contributed by atoms with Gasteiger partial charge in [-0.25, -0.2) is 19.6 Å². The fourth-order valence-corrected chi connectivity index (χ4v) is 3.43. The van der Waals surface area contributed by atoms with Gasteiger partial charge in [0.15, 0.2) is 5.82 Å². The lowest BCUT2D eigenvalue weighted by atomic mass is 10.0. The first-order valence-electron chi connectivity index (χ1n) is 8.19. The van der Waals surface area contributed by atoms with Crippen LogP contribution in [-0.2, 0) is 19.1 Å². The topological polar surface area (TPSA) is 76.8 Å². The molecule has 0 saturated heterocycles. The van der Waals surface area contributed by atoms with E-state index in [0.717, 1.165) is 11.6 Å². The minimum atomic E-state index is -4.64. The number of alkyl halides is 3. The Balaban J connectivity index is 1.64. The van der Waals surface area contributed by atoms with E-state index in [0.29, 0.717) is 17.9 Å². The van der Waals surface area contributed by atoms with E-state index in [1.165, 1.54) is 40.7 Å². The van der Waals surface area contributed by atoms with Gasteiger partial charge in [-0.1, -0.05) is 17.7 Å². The number of benzene rings is 1. The fraction of sp³-hybridized carbons (Fsp3) is 0.235. The summed E-state index contributed by atoms with van der Waals surface area (Å²) in [6, 6.07) is 3.31. The standard InChI is InChI=1S/C17H12ClF3N6O/c18-14-11(2-1-3-12(14)17(19,20)21)16(28)26-5-4-10-13(6-26)23-8-24-15(10)27-9-22-7-25-27/h1-3,7-9H,4-6H2. The third-order valence-corrected chi connectivity index (χ3v) is 4.85. The Morgan fingerprint density at radius 3 is 2.71 bits per heavy atom. The SMILES string of the molecule is O=C(c1cccc(C(F)(F)F)c1Cl)N1CCc2c(ncnc2-n2cncn2)C1. The van der Waals surface area contributed by atoms with Crippen molar-refractivity contribution in [3.05, 3.63) is 64.6 Å². The van der Waals surface area contributed by atoms with Crippen LogP contribution in [0.1, 0.15) is 27.2 Å². The van der Waals surface area contributed by atoms with Crippen LogP contribution in [0.4, 0.5) is 13.2 Å². The number of carbonyl (C=O) groups is 1. The number of nitrogens with zero attached hydrogens (tertiary/aromatic N) is 6. The summed E-state index contributed by atoms with van der Waals surface area (Å²) in [5.74, 6) is -0.0191. The Kier molecular flexibility index (Phi) is 4.50. The van der Waals surface area contributed by atoms with Gasteiger partial charge in [-0.05, 0) is 18.6 Å². The Morgan fingerprint density at radius 1 is 1.18 bits per heavy atom. The molecule has 0 saturated carbocycles. The smallest absolute Gasteiger partial charge is 0.332 e. The van der Waals surface area contributed by atoms with Crippen LogP contribution in [0.5, 0.6) is 0 Å². The molecular weight excluding hydrogens is 397 g/mol. The number of hydrogen-bond acceptors (Lipinski definition) is 5. The van der Waals surface area contributed by atoms with Gasteiger partial charge in [-0.2, -0.15) is 18.3 Å². The summed E-state index contributed by atoms with van der Waals surface area (Å²) in [5, 5.41) is 3.45. The molecular formula is C17H12ClF3N6O. The van der Waals surface area contributed by atoms with Crippen LogP contribution >= 0.6 is 11.6 Å². The van der Waals surface area contributed by atoms with Gasteiger partial charge in [0.1, 0.15) is 19.0 Å². The van der Waals surface area contributed by atoms with Crippen molar-refractivity contribution in [3.63, 3.8) is 0 Å². The summed E-state index contributed by atoms with van der Waals surface area (Å²) < 4.78 is 40.7. The molecule has 0 spiro atoms. The third kappa shape index (κ3) is 3.19. The zero-order chi connectivity index (χ0) is 19.9. The van der Waals surface area contributed by atoms with Crippen LogP contribution in [0.15, 0.2) is 37.2 Å². The van der Waals surface area contributed by atoms with Gasteiger partial charge in [0.2, 0.25) is 0 Å². The van der Waals surface area contributed by atoms with Crippen molar-refractivity contribution in [1.29, 1.82) is 0 Å². The molecule has 7 nitrogen and oxygen atoms in total. The molecule has 1 aliphatic heterocycles. The number of rotatable bonds is 2. The quantitative estimate of drug-likeness (QED) is 0.651. The van der Waals surface area contributed by atoms with Gasteiger partial charge in [0, 0.05) is 12.1 Å². The number of halogens is 4. The van der Waals surface area contributed by atoms with E-state index in [4.69, 9.17) is 11.6 Å². The van der Waals surface area contributed by atoms with Crippen molar-refractivity contribution in [2.75, 3.05) is 6.54 Å². The summed E-state index contributed by atoms with van der Waals surface area (Å²) in [4.78, 5) is 26.6. The lowest BCUT2D eigenvalue weighted by Gasteiger charge is -2.29. The molecule has 2 aromatic heterocycles. The lowest BCUT2D eigenvalue weighted by Crippen LogP contribution is -2.37. The molecule has 0 N–H and O–H groups in total. The molecule has 1 aromatic carbocycles. The predicted octanol–water partition coefficient (Wildman–Crippen LogP) is 2.93. The monoisotopic (exact) mass is 408 g/mol. The van der Waals surface area contributed by atoms with Gasteiger partial charge in [-0.3, -0.25) is 4.79 Å². The maximum atomic E-state index is 13.1. The van der Waals surface area contributed by atoms with Gasteiger partial charge in [-0.15, -0.1) is 0 Å². The van der Waals surface area contributed by atoms with E-state index >= 15 is 0 Å². The Hall–Kier alpha value is -3.01. The third-order valence-electron chi connectivity index (χ3n) is 4.44. The maximum Gasteiger partial charge on any atom is 0.417 e. The zero-order valence-electron chi connectivity index (χ0n) is 14.2. The van der Waals surface area contributed by atoms with Gasteiger partial charge < -0.3 is 4.90 Å². The largest absolute Gasteiger partial charge is 0.417 e. The highest BCUT2D eigenvalue weighted by molar-refractivity contribution is 6.34. The minimum absolute atomic E-state index is 0.130. The molecule has 3 aromatic rings. The molecule has 0 fully saturated rings. The van der Waals surface area contributed by atoms with Crippen LogP contribution in [0.2, 0.25) is 5.02 Å². The molecule has 144 valence electrons. The van der Waals surface area contributed by atoms with Gasteiger partial charge in [0.25, 0.3) is 5.91 Å². The van der Waals surface area contributed by atoms with Crippen LogP contribution in [0.25, 0.3) is 5.82 Å². The van der Waals surface area contributed by atoms with Crippen molar-refractivity contribution in [3.8, 4) is 5.82 Å². The minimum Gasteiger partial charge on any atom is -0.332 e. The number of fused-ring (bicyclic) bond motifs is 1. The normalized spacial score (nSPS) is 14.1. The van der Waals surface area contributed by atoms with Crippen molar-refractivity contribution in [2.24, 2.45) is 0 Å². The lowest BCUT2D eigenvalue weighted by molar-refractivity contribution is -0.137. The highest BCUT2D eigenvalue weighted by atomic mass is 35.5. The predicted molar refractivity (Wildman–Crippen MR) is 91.8 cm³/mol. The summed E-state index contributed by atoms with van der Waals surface area (Å²) in [6.07, 6.45) is 0.0158. The Bertz CT molecular complexity index is 1040. The van der Waals surface area contributed by atoms with E-state index in [-0.39, 0.29) is 18.7 Å². The molecule has 11 heteroatoms. The molecule has 28 heavy (non-hydrogen) atoms. The van der Waals surface area contributed by atoms with Crippen molar-refractivity contribution in [2.45, 2.75) is 19.1 Å². The Morgan fingerprint density at radius 2 is 2.00 bits per heavy atom. The molecule has 3 heterocycles. The van der Waals surface area contributed by atoms with Crippen molar-refractivity contribution in [1.82, 2.24) is 29.6 Å². The molecule has 0 aliphatic carbocycles. The van der Waals surface area contributed by atoms with E-state index < -0.39 is 22.7 Å². The Labute approximate surface area is 161 Å². The molecule has 0 unspecified atom stereocenters. The fourth-order valence-electron chi connectivity index (χ4n) is 3.11. The number of aromatic nitrogens is 5. The molecule has 1 amide bonds. The first-order valence-corrected chi connectivity index (χ1v) is 8.57. The van der Waals surface area contributed by atoms with E-state index in [1.807, 2.05) is 0 Å². The number of amides is 1. The average Bonchev–Trinajstić information content (AvgIpc) is 3.20. The molecule has 0 atom stereocenters. The van der Waals surface area contributed by atoms with Crippen LogP contribution in [0.3, 0.4) is 0 Å². The average molecular weight is 409 g/mol. The van der Waals surface area contributed by atoms with Crippen molar-refractivity contribution < 1.29 is 18.0 Å². The van der Waals surface area contributed by atoms with Crippen LogP contribution in [0, 0.1) is 0 Å². The summed E-state index contributed by atoms with van der Waals surface area (Å²) in [7, 11) is 0. The number of hydrogen-bond donors (Lipinski definition) is 0. The second-order valence-electron chi connectivity index (χ2n) is 6.10. The van der Waals surface area contributed by atoms with Crippen LogP contribution < -0.4 is 0 Å². The molecule has 4 rings (SSSR count). The molecule has 0 bridgehead atoms. The van der Waals surface area contributed by atoms with Crippen molar-refractivity contribution >= 4 is 17.5 Å². The summed E-state index contributed by atoms with van der Waals surface area (Å²) in [6.45, 7) is 0.415. The first kappa shape index (κ1) is 18.4. The van der Waals surface area contributed by atoms with E-state index in [9.17, 15) is 18.0 Å². The molecule has 0 radical (unpaired) electrons.